The summed E-state index contributed by atoms with van der Waals surface area (Å²) in [5.41, 5.74) is 1.05. The van der Waals surface area contributed by atoms with E-state index in [4.69, 9.17) is 4.74 Å². The van der Waals surface area contributed by atoms with Crippen LogP contribution in [0.5, 0.6) is 5.75 Å². The van der Waals surface area contributed by atoms with Crippen LogP contribution < -0.4 is 10.1 Å². The van der Waals surface area contributed by atoms with E-state index in [-0.39, 0.29) is 28.0 Å². The summed E-state index contributed by atoms with van der Waals surface area (Å²) in [4.78, 5) is 20.2. The summed E-state index contributed by atoms with van der Waals surface area (Å²) in [5.74, 6) is -0.929. The van der Waals surface area contributed by atoms with Gasteiger partial charge in [0.15, 0.2) is 11.6 Å². The van der Waals surface area contributed by atoms with E-state index in [0.717, 1.165) is 6.07 Å². The molecule has 0 aliphatic carbocycles. The van der Waals surface area contributed by atoms with Crippen LogP contribution in [0.1, 0.15) is 15.9 Å². The molecule has 10 heteroatoms. The van der Waals surface area contributed by atoms with E-state index in [1.807, 2.05) is 0 Å². The lowest BCUT2D eigenvalue weighted by atomic mass is 10.2. The van der Waals surface area contributed by atoms with Gasteiger partial charge in [-0.3, -0.25) is 9.20 Å². The Morgan fingerprint density at radius 1 is 1.16 bits per heavy atom. The molecule has 2 aromatic carbocycles. The quantitative estimate of drug-likeness (QED) is 0.495. The number of nitrogens with one attached hydrogen (secondary N) is 1. The van der Waals surface area contributed by atoms with Gasteiger partial charge in [0, 0.05) is 31.3 Å². The van der Waals surface area contributed by atoms with Crippen molar-refractivity contribution in [2.45, 2.75) is 16.3 Å². The second kappa shape index (κ2) is 8.15. The zero-order valence-corrected chi connectivity index (χ0v) is 17.1. The van der Waals surface area contributed by atoms with E-state index < -0.39 is 15.7 Å². The average Bonchev–Trinajstić information content (AvgIpc) is 3.25. The van der Waals surface area contributed by atoms with Crippen LogP contribution >= 0.6 is 0 Å². The van der Waals surface area contributed by atoms with Crippen LogP contribution in [0.25, 0.3) is 5.78 Å². The molecule has 1 N–H and O–H groups in total. The molecule has 0 bridgehead atoms. The molecular weight excluding hydrogens is 423 g/mol. The first kappa shape index (κ1) is 20.5. The van der Waals surface area contributed by atoms with E-state index in [1.165, 1.54) is 37.6 Å². The zero-order valence-electron chi connectivity index (χ0n) is 16.3. The predicted molar refractivity (Wildman–Crippen MR) is 109 cm³/mol. The number of hydrogen-bond acceptors (Lipinski definition) is 6. The third kappa shape index (κ3) is 3.97. The number of halogens is 1. The Kier molecular flexibility index (Phi) is 5.38. The largest absolute Gasteiger partial charge is 0.492 e. The Hall–Kier alpha value is -3.79. The number of fused-ring (bicyclic) bond motifs is 1. The number of para-hydroxylation sites is 1. The molecule has 4 aromatic rings. The molecule has 158 valence electrons. The SMILES string of the molecule is COc1c(F)cccc1S(=O)(=O)c1ccc(CNC(=O)c2cnc3nccn3c2)cc1. The molecule has 0 atom stereocenters. The molecule has 31 heavy (non-hydrogen) atoms. The number of ether oxygens (including phenoxy) is 1. The van der Waals surface area contributed by atoms with Gasteiger partial charge in [-0.2, -0.15) is 0 Å². The summed E-state index contributed by atoms with van der Waals surface area (Å²) in [5, 5.41) is 2.76. The van der Waals surface area contributed by atoms with Crippen molar-refractivity contribution >= 4 is 21.5 Å². The first-order valence-electron chi connectivity index (χ1n) is 9.13. The van der Waals surface area contributed by atoms with Gasteiger partial charge in [0.25, 0.3) is 5.91 Å². The molecule has 1 amide bonds. The Morgan fingerprint density at radius 3 is 2.68 bits per heavy atom. The topological polar surface area (TPSA) is 103 Å². The summed E-state index contributed by atoms with van der Waals surface area (Å²) in [6, 6.07) is 9.69. The number of carbonyl (C=O) groups is 1. The molecule has 0 fully saturated rings. The number of hydrogen-bond donors (Lipinski definition) is 1. The van der Waals surface area contributed by atoms with Crippen LogP contribution in [0.15, 0.2) is 77.0 Å². The first-order valence-corrected chi connectivity index (χ1v) is 10.6. The van der Waals surface area contributed by atoms with Gasteiger partial charge < -0.3 is 10.1 Å². The Bertz CT molecular complexity index is 1370. The fraction of sp³-hybridized carbons (Fsp3) is 0.0952. The third-order valence-corrected chi connectivity index (χ3v) is 6.41. The van der Waals surface area contributed by atoms with Crippen molar-refractivity contribution in [3.8, 4) is 5.75 Å². The standard InChI is InChI=1S/C21H17FN4O4S/c1-30-19-17(22)3-2-4-18(19)31(28,29)16-7-5-14(6-8-16)11-24-20(27)15-12-25-21-23-9-10-26(21)13-15/h2-10,12-13H,11H2,1H3,(H,24,27). The molecule has 2 aromatic heterocycles. The highest BCUT2D eigenvalue weighted by Crippen LogP contribution is 2.31. The van der Waals surface area contributed by atoms with E-state index in [2.05, 4.69) is 15.3 Å². The smallest absolute Gasteiger partial charge is 0.254 e. The van der Waals surface area contributed by atoms with Crippen molar-refractivity contribution in [3.63, 3.8) is 0 Å². The summed E-state index contributed by atoms with van der Waals surface area (Å²) in [6.45, 7) is 0.185. The highest BCUT2D eigenvalue weighted by molar-refractivity contribution is 7.91. The van der Waals surface area contributed by atoms with Crippen LogP contribution in [-0.4, -0.2) is 35.8 Å². The third-order valence-electron chi connectivity index (χ3n) is 4.62. The highest BCUT2D eigenvalue weighted by Gasteiger charge is 2.24. The van der Waals surface area contributed by atoms with Crippen molar-refractivity contribution in [1.29, 1.82) is 0 Å². The number of imidazole rings is 1. The van der Waals surface area contributed by atoms with Crippen molar-refractivity contribution < 1.29 is 22.3 Å². The molecule has 8 nitrogen and oxygen atoms in total. The van der Waals surface area contributed by atoms with Crippen LogP contribution in [0.2, 0.25) is 0 Å². The maximum Gasteiger partial charge on any atom is 0.254 e. The van der Waals surface area contributed by atoms with Gasteiger partial charge in [-0.15, -0.1) is 0 Å². The molecule has 0 spiro atoms. The Morgan fingerprint density at radius 2 is 1.94 bits per heavy atom. The molecule has 0 radical (unpaired) electrons. The molecule has 0 unspecified atom stereocenters. The van der Waals surface area contributed by atoms with E-state index >= 15 is 0 Å². The van der Waals surface area contributed by atoms with E-state index in [9.17, 15) is 17.6 Å². The Labute approximate surface area is 177 Å². The molecule has 0 saturated heterocycles. The van der Waals surface area contributed by atoms with Gasteiger partial charge in [0.1, 0.15) is 4.90 Å². The molecule has 4 rings (SSSR count). The van der Waals surface area contributed by atoms with Gasteiger partial charge >= 0.3 is 0 Å². The number of sulfone groups is 1. The lowest BCUT2D eigenvalue weighted by Gasteiger charge is -2.11. The summed E-state index contributed by atoms with van der Waals surface area (Å²) in [6.07, 6.45) is 6.32. The summed E-state index contributed by atoms with van der Waals surface area (Å²) < 4.78 is 46.2. The van der Waals surface area contributed by atoms with Crippen LogP contribution in [0.3, 0.4) is 0 Å². The maximum absolute atomic E-state index is 13.9. The van der Waals surface area contributed by atoms with E-state index in [1.54, 1.807) is 35.1 Å². The first-order chi connectivity index (χ1) is 14.9. The molecule has 2 heterocycles. The number of rotatable bonds is 6. The second-order valence-corrected chi connectivity index (χ2v) is 8.50. The monoisotopic (exact) mass is 440 g/mol. The number of carbonyl (C=O) groups excluding carboxylic acids is 1. The summed E-state index contributed by atoms with van der Waals surface area (Å²) >= 11 is 0. The average molecular weight is 440 g/mol. The van der Waals surface area contributed by atoms with Crippen LogP contribution in [-0.2, 0) is 16.4 Å². The van der Waals surface area contributed by atoms with Gasteiger partial charge in [0.2, 0.25) is 15.6 Å². The van der Waals surface area contributed by atoms with Crippen molar-refractivity contribution in [1.82, 2.24) is 19.7 Å². The van der Waals surface area contributed by atoms with Gasteiger partial charge in [-0.1, -0.05) is 18.2 Å². The lowest BCUT2D eigenvalue weighted by Crippen LogP contribution is -2.23. The van der Waals surface area contributed by atoms with Gasteiger partial charge in [-0.25, -0.2) is 22.8 Å². The molecule has 0 aliphatic heterocycles. The summed E-state index contributed by atoms with van der Waals surface area (Å²) in [7, 11) is -2.77. The minimum Gasteiger partial charge on any atom is -0.492 e. The molecule has 0 saturated carbocycles. The number of amides is 1. The van der Waals surface area contributed by atoms with Crippen LogP contribution in [0, 0.1) is 5.82 Å². The second-order valence-electron chi connectivity index (χ2n) is 6.58. The van der Waals surface area contributed by atoms with Gasteiger partial charge in [-0.05, 0) is 29.8 Å². The Balaban J connectivity index is 1.49. The number of aromatic nitrogens is 3. The fourth-order valence-electron chi connectivity index (χ4n) is 3.03. The molecular formula is C21H17FN4O4S. The fourth-order valence-corrected chi connectivity index (χ4v) is 4.46. The number of benzene rings is 2. The number of methoxy groups -OCH3 is 1. The minimum atomic E-state index is -3.98. The van der Waals surface area contributed by atoms with Gasteiger partial charge in [0.05, 0.1) is 17.6 Å². The highest BCUT2D eigenvalue weighted by atomic mass is 32.2. The predicted octanol–water partition coefficient (Wildman–Crippen LogP) is 2.64. The van der Waals surface area contributed by atoms with Crippen molar-refractivity contribution in [2.75, 3.05) is 7.11 Å². The lowest BCUT2D eigenvalue weighted by molar-refractivity contribution is 0.0950. The van der Waals surface area contributed by atoms with Crippen LogP contribution in [0.4, 0.5) is 4.39 Å². The normalized spacial score (nSPS) is 11.4. The zero-order chi connectivity index (χ0) is 22.0. The minimum absolute atomic E-state index is 0.0127. The molecule has 0 aliphatic rings. The van der Waals surface area contributed by atoms with E-state index in [0.29, 0.717) is 16.9 Å². The van der Waals surface area contributed by atoms with Crippen molar-refractivity contribution in [2.24, 2.45) is 0 Å². The maximum atomic E-state index is 13.9. The van der Waals surface area contributed by atoms with Crippen molar-refractivity contribution in [3.05, 3.63) is 84.2 Å². The number of nitrogens with zero attached hydrogens (tertiary/aromatic N) is 3.